The predicted molar refractivity (Wildman–Crippen MR) is 105 cm³/mol. The lowest BCUT2D eigenvalue weighted by Crippen LogP contribution is -2.54. The Morgan fingerprint density at radius 2 is 1.61 bits per heavy atom. The van der Waals surface area contributed by atoms with Gasteiger partial charge >= 0.3 is 5.97 Å². The molecule has 0 heterocycles. The first-order chi connectivity index (χ1) is 13.3. The van der Waals surface area contributed by atoms with Crippen LogP contribution in [0.2, 0.25) is 0 Å². The molecule has 7 N–H and O–H groups in total. The summed E-state index contributed by atoms with van der Waals surface area (Å²) in [7, 11) is 0.500. The third kappa shape index (κ3) is 9.98. The lowest BCUT2D eigenvalue weighted by molar-refractivity contribution is -0.142. The van der Waals surface area contributed by atoms with Gasteiger partial charge in [0.1, 0.15) is 12.1 Å². The molecule has 8 nitrogen and oxygen atoms in total. The summed E-state index contributed by atoms with van der Waals surface area (Å²) in [6, 6.07) is 6.43. The highest BCUT2D eigenvalue weighted by Crippen LogP contribution is 2.06. The molecule has 9 heteroatoms. The van der Waals surface area contributed by atoms with Crippen LogP contribution in [-0.2, 0) is 20.8 Å². The van der Waals surface area contributed by atoms with Gasteiger partial charge in [0.15, 0.2) is 0 Å². The predicted octanol–water partition coefficient (Wildman–Crippen LogP) is 0.345. The summed E-state index contributed by atoms with van der Waals surface area (Å²) in [4.78, 5) is 35.9. The summed E-state index contributed by atoms with van der Waals surface area (Å²) in [5.41, 5.74) is 11.8. The van der Waals surface area contributed by atoms with Crippen LogP contribution < -0.4 is 22.1 Å². The lowest BCUT2D eigenvalue weighted by Gasteiger charge is -2.22. The Bertz CT molecular complexity index is 599. The van der Waals surface area contributed by atoms with Gasteiger partial charge in [0, 0.05) is 6.42 Å². The molecule has 0 radical (unpaired) electrons. The second-order valence-corrected chi connectivity index (χ2v) is 6.22. The van der Waals surface area contributed by atoms with Crippen LogP contribution in [0.5, 0.6) is 0 Å². The first-order valence-corrected chi connectivity index (χ1v) is 9.06. The zero-order valence-corrected chi connectivity index (χ0v) is 16.4. The van der Waals surface area contributed by atoms with E-state index in [1.807, 2.05) is 30.3 Å². The molecule has 0 fully saturated rings. The van der Waals surface area contributed by atoms with E-state index >= 15 is 0 Å². The van der Waals surface area contributed by atoms with Gasteiger partial charge in [-0.15, -0.1) is 0 Å². The van der Waals surface area contributed by atoms with Crippen LogP contribution >= 0.6 is 0 Å². The molecule has 1 rings (SSSR count). The van der Waals surface area contributed by atoms with Gasteiger partial charge in [0.05, 0.1) is 13.2 Å². The van der Waals surface area contributed by atoms with E-state index in [0.29, 0.717) is 26.6 Å². The van der Waals surface area contributed by atoms with Gasteiger partial charge in [-0.05, 0) is 38.3 Å². The van der Waals surface area contributed by atoms with Crippen LogP contribution in [0.15, 0.2) is 30.3 Å². The molecule has 0 bridgehead atoms. The molecular weight excluding hydrogens is 367 g/mol. The quantitative estimate of drug-likeness (QED) is 0.340. The summed E-state index contributed by atoms with van der Waals surface area (Å²) < 4.78 is 9.50. The molecule has 3 atom stereocenters. The average Bonchev–Trinajstić information content (AvgIpc) is 2.68. The van der Waals surface area contributed by atoms with E-state index < -0.39 is 35.9 Å². The highest BCUT2D eigenvalue weighted by molar-refractivity contribution is 5.91. The Morgan fingerprint density at radius 3 is 2.11 bits per heavy atom. The van der Waals surface area contributed by atoms with Crippen LogP contribution in [-0.4, -0.2) is 54.7 Å². The molecule has 1 aromatic carbocycles. The largest absolute Gasteiger partial charge is 0.480 e. The lowest BCUT2D eigenvalue weighted by atomic mass is 10.0. The monoisotopic (exact) mass is 398 g/mol. The Balaban J connectivity index is 0.00000352. The van der Waals surface area contributed by atoms with Gasteiger partial charge in [-0.3, -0.25) is 14.0 Å². The minimum Gasteiger partial charge on any atom is -0.480 e. The van der Waals surface area contributed by atoms with Crippen molar-refractivity contribution in [3.63, 3.8) is 0 Å². The average molecular weight is 398 g/mol. The number of hydrogen-bond acceptors (Lipinski definition) is 5. The number of rotatable bonds is 11. The van der Waals surface area contributed by atoms with Gasteiger partial charge in [0.25, 0.3) is 0 Å². The Hall–Kier alpha value is -2.52. The molecule has 1 aromatic rings. The van der Waals surface area contributed by atoms with E-state index in [9.17, 15) is 23.9 Å². The topological polar surface area (TPSA) is 148 Å². The van der Waals surface area contributed by atoms with E-state index in [2.05, 4.69) is 10.6 Å². The summed E-state index contributed by atoms with van der Waals surface area (Å²) in [5, 5.41) is 14.4. The third-order valence-electron chi connectivity index (χ3n) is 3.89. The molecule has 28 heavy (non-hydrogen) atoms. The van der Waals surface area contributed by atoms with Crippen molar-refractivity contribution in [2.24, 2.45) is 11.5 Å². The summed E-state index contributed by atoms with van der Waals surface area (Å²) in [5.74, 6) is -2.15. The second-order valence-electron chi connectivity index (χ2n) is 6.22. The van der Waals surface area contributed by atoms with Gasteiger partial charge < -0.3 is 27.2 Å². The van der Waals surface area contributed by atoms with Crippen molar-refractivity contribution in [1.82, 2.24) is 10.6 Å². The van der Waals surface area contributed by atoms with Crippen molar-refractivity contribution in [3.8, 4) is 0 Å². The molecule has 3 unspecified atom stereocenters. The highest BCUT2D eigenvalue weighted by atomic mass is 19.1. The number of carbonyl (C=O) groups excluding carboxylic acids is 2. The fourth-order valence-corrected chi connectivity index (χ4v) is 2.38. The summed E-state index contributed by atoms with van der Waals surface area (Å²) in [6.45, 7) is 1.97. The van der Waals surface area contributed by atoms with E-state index in [-0.39, 0.29) is 12.8 Å². The number of nitrogens with two attached hydrogens (primary N) is 2. The minimum atomic E-state index is -1.12. The molecule has 0 aliphatic rings. The molecular formula is C19H31FN4O4. The third-order valence-corrected chi connectivity index (χ3v) is 3.89. The molecule has 0 spiro atoms. The fourth-order valence-electron chi connectivity index (χ4n) is 2.38. The van der Waals surface area contributed by atoms with Gasteiger partial charge in [-0.25, -0.2) is 4.79 Å². The standard InChI is InChI=1S/C18H28N4O4.CH3F/c1-12(20)16(23)22-15(11-13-7-3-2-4-8-13)17(24)21-14(18(25)26)9-5-6-10-19;1-2/h2-4,7-8,12,14-15H,5-6,9-11,19-20H2,1H3,(H,21,24)(H,22,23)(H,25,26);1H3. The number of carbonyl (C=O) groups is 3. The second kappa shape index (κ2) is 14.5. The Kier molecular flexibility index (Phi) is 13.2. The van der Waals surface area contributed by atoms with Crippen LogP contribution in [0, 0.1) is 0 Å². The van der Waals surface area contributed by atoms with Crippen molar-refractivity contribution in [2.75, 3.05) is 13.7 Å². The number of carboxylic acids is 1. The number of alkyl halides is 1. The number of nitrogens with one attached hydrogen (secondary N) is 2. The first-order valence-electron chi connectivity index (χ1n) is 9.06. The van der Waals surface area contributed by atoms with Crippen LogP contribution in [0.25, 0.3) is 0 Å². The van der Waals surface area contributed by atoms with Crippen molar-refractivity contribution < 1.29 is 23.9 Å². The van der Waals surface area contributed by atoms with Crippen molar-refractivity contribution in [1.29, 1.82) is 0 Å². The Labute approximate surface area is 164 Å². The van der Waals surface area contributed by atoms with Crippen LogP contribution in [0.3, 0.4) is 0 Å². The fraction of sp³-hybridized carbons (Fsp3) is 0.526. The zero-order valence-electron chi connectivity index (χ0n) is 16.4. The van der Waals surface area contributed by atoms with Crippen LogP contribution in [0.4, 0.5) is 4.39 Å². The van der Waals surface area contributed by atoms with Crippen molar-refractivity contribution in [2.45, 2.75) is 50.7 Å². The molecule has 0 saturated carbocycles. The van der Waals surface area contributed by atoms with Gasteiger partial charge in [0.2, 0.25) is 11.8 Å². The van der Waals surface area contributed by atoms with E-state index in [1.54, 1.807) is 0 Å². The molecule has 2 amide bonds. The van der Waals surface area contributed by atoms with Gasteiger partial charge in [-0.2, -0.15) is 0 Å². The number of aliphatic carboxylic acids is 1. The Morgan fingerprint density at radius 1 is 1.04 bits per heavy atom. The number of benzene rings is 1. The maximum atomic E-state index is 12.6. The summed E-state index contributed by atoms with van der Waals surface area (Å²) in [6.07, 6.45) is 1.77. The van der Waals surface area contributed by atoms with Crippen LogP contribution in [0.1, 0.15) is 31.7 Å². The maximum Gasteiger partial charge on any atom is 0.326 e. The van der Waals surface area contributed by atoms with E-state index in [1.165, 1.54) is 6.92 Å². The summed E-state index contributed by atoms with van der Waals surface area (Å²) >= 11 is 0. The minimum absolute atomic E-state index is 0.236. The SMILES string of the molecule is CC(N)C(=O)NC(Cc1ccccc1)C(=O)NC(CCCCN)C(=O)O.CF. The number of carboxylic acid groups (broad SMARTS) is 1. The van der Waals surface area contributed by atoms with E-state index in [0.717, 1.165) is 5.56 Å². The molecule has 0 aromatic heterocycles. The number of amides is 2. The smallest absolute Gasteiger partial charge is 0.326 e. The number of unbranched alkanes of at least 4 members (excludes halogenated alkanes) is 1. The molecule has 0 saturated heterocycles. The highest BCUT2D eigenvalue weighted by Gasteiger charge is 2.27. The molecule has 0 aliphatic carbocycles. The zero-order chi connectivity index (χ0) is 21.5. The number of halogens is 1. The first kappa shape index (κ1) is 25.5. The molecule has 158 valence electrons. The van der Waals surface area contributed by atoms with Crippen molar-refractivity contribution >= 4 is 17.8 Å². The van der Waals surface area contributed by atoms with E-state index in [4.69, 9.17) is 11.5 Å². The normalized spacial score (nSPS) is 13.3. The van der Waals surface area contributed by atoms with Gasteiger partial charge in [-0.1, -0.05) is 30.3 Å². The molecule has 0 aliphatic heterocycles. The maximum absolute atomic E-state index is 12.6. The number of hydrogen-bond donors (Lipinski definition) is 5. The van der Waals surface area contributed by atoms with Crippen molar-refractivity contribution in [3.05, 3.63) is 35.9 Å².